The smallest absolute Gasteiger partial charge is 0.0669 e. The Balaban J connectivity index is 2.99. The number of hydrogen-bond donors (Lipinski definition) is 1. The first-order valence-corrected chi connectivity index (χ1v) is 7.45. The highest BCUT2D eigenvalue weighted by atomic mass is 15.3. The van der Waals surface area contributed by atoms with Gasteiger partial charge >= 0.3 is 0 Å². The van der Waals surface area contributed by atoms with E-state index in [0.29, 0.717) is 5.92 Å². The Morgan fingerprint density at radius 3 is 2.39 bits per heavy atom. The van der Waals surface area contributed by atoms with Crippen LogP contribution in [0.1, 0.15) is 58.0 Å². The van der Waals surface area contributed by atoms with Gasteiger partial charge in [0.05, 0.1) is 5.69 Å². The van der Waals surface area contributed by atoms with E-state index in [-0.39, 0.29) is 0 Å². The van der Waals surface area contributed by atoms with Gasteiger partial charge in [0.25, 0.3) is 0 Å². The number of nitrogens with zero attached hydrogens (tertiary/aromatic N) is 2. The lowest BCUT2D eigenvalue weighted by molar-refractivity contribution is 0.427. The maximum atomic E-state index is 4.82. The molecule has 3 nitrogen and oxygen atoms in total. The van der Waals surface area contributed by atoms with E-state index in [2.05, 4.69) is 44.6 Å². The zero-order valence-corrected chi connectivity index (χ0v) is 12.7. The summed E-state index contributed by atoms with van der Waals surface area (Å²) in [5, 5.41) is 8.26. The lowest BCUT2D eigenvalue weighted by Gasteiger charge is -2.12. The molecule has 0 radical (unpaired) electrons. The molecule has 1 aromatic rings. The maximum absolute atomic E-state index is 4.82. The summed E-state index contributed by atoms with van der Waals surface area (Å²) in [5.74, 6) is 0.701. The third-order valence-corrected chi connectivity index (χ3v) is 3.65. The van der Waals surface area contributed by atoms with E-state index in [1.54, 1.807) is 0 Å². The molecule has 0 spiro atoms. The fourth-order valence-electron chi connectivity index (χ4n) is 2.30. The molecule has 0 aliphatic heterocycles. The molecule has 0 aromatic carbocycles. The van der Waals surface area contributed by atoms with Crippen LogP contribution in [0.2, 0.25) is 0 Å². The van der Waals surface area contributed by atoms with Crippen molar-refractivity contribution < 1.29 is 0 Å². The summed E-state index contributed by atoms with van der Waals surface area (Å²) >= 11 is 0. The summed E-state index contributed by atoms with van der Waals surface area (Å²) in [6, 6.07) is 0. The van der Waals surface area contributed by atoms with Crippen LogP contribution in [-0.2, 0) is 25.9 Å². The predicted octanol–water partition coefficient (Wildman–Crippen LogP) is 3.16. The number of hydrogen-bond acceptors (Lipinski definition) is 2. The zero-order chi connectivity index (χ0) is 13.5. The molecule has 1 aromatic heterocycles. The highest BCUT2D eigenvalue weighted by molar-refractivity contribution is 5.26. The second-order valence-electron chi connectivity index (χ2n) is 5.05. The van der Waals surface area contributed by atoms with Gasteiger partial charge in [0.1, 0.15) is 0 Å². The fraction of sp³-hybridized carbons (Fsp3) is 0.800. The first-order chi connectivity index (χ1) is 8.67. The van der Waals surface area contributed by atoms with Crippen molar-refractivity contribution in [1.82, 2.24) is 15.1 Å². The molecule has 1 atom stereocenters. The van der Waals surface area contributed by atoms with E-state index in [1.165, 1.54) is 23.4 Å². The molecule has 3 heteroatoms. The first-order valence-electron chi connectivity index (χ1n) is 7.45. The van der Waals surface area contributed by atoms with Crippen LogP contribution in [0.3, 0.4) is 0 Å². The summed E-state index contributed by atoms with van der Waals surface area (Å²) in [6.45, 7) is 14.2. The predicted molar refractivity (Wildman–Crippen MR) is 77.8 cm³/mol. The largest absolute Gasteiger partial charge is 0.313 e. The van der Waals surface area contributed by atoms with Gasteiger partial charge in [0.2, 0.25) is 0 Å². The lowest BCUT2D eigenvalue weighted by atomic mass is 10.1. The Hall–Kier alpha value is -0.830. The van der Waals surface area contributed by atoms with Crippen molar-refractivity contribution in [2.45, 2.75) is 67.0 Å². The van der Waals surface area contributed by atoms with Crippen LogP contribution in [0.15, 0.2) is 0 Å². The quantitative estimate of drug-likeness (QED) is 0.769. The second kappa shape index (κ2) is 7.57. The molecule has 0 saturated carbocycles. The van der Waals surface area contributed by atoms with Crippen LogP contribution >= 0.6 is 0 Å². The van der Waals surface area contributed by atoms with Crippen LogP contribution in [0, 0.1) is 5.92 Å². The van der Waals surface area contributed by atoms with Gasteiger partial charge < -0.3 is 5.32 Å². The van der Waals surface area contributed by atoms with Crippen molar-refractivity contribution in [2.75, 3.05) is 6.54 Å². The fourth-order valence-corrected chi connectivity index (χ4v) is 2.30. The van der Waals surface area contributed by atoms with Crippen LogP contribution in [0.25, 0.3) is 0 Å². The molecule has 0 bridgehead atoms. The second-order valence-corrected chi connectivity index (χ2v) is 5.05. The Morgan fingerprint density at radius 2 is 1.89 bits per heavy atom. The summed E-state index contributed by atoms with van der Waals surface area (Å²) in [5.41, 5.74) is 4.13. The monoisotopic (exact) mass is 251 g/mol. The minimum absolute atomic E-state index is 0.701. The average Bonchev–Trinajstić information content (AvgIpc) is 2.72. The summed E-state index contributed by atoms with van der Waals surface area (Å²) in [7, 11) is 0. The number of aryl methyl sites for hydroxylation is 1. The van der Waals surface area contributed by atoms with Crippen LogP contribution in [0.5, 0.6) is 0 Å². The van der Waals surface area contributed by atoms with Gasteiger partial charge in [-0.15, -0.1) is 0 Å². The van der Waals surface area contributed by atoms with Crippen LogP contribution in [0.4, 0.5) is 0 Å². The average molecular weight is 251 g/mol. The van der Waals surface area contributed by atoms with Crippen molar-refractivity contribution >= 4 is 0 Å². The SMILES string of the molecule is CCNCc1c(CC)nn(CC(C)CC)c1CC. The van der Waals surface area contributed by atoms with E-state index >= 15 is 0 Å². The van der Waals surface area contributed by atoms with Crippen molar-refractivity contribution in [2.24, 2.45) is 5.92 Å². The number of nitrogens with one attached hydrogen (secondary N) is 1. The Bertz CT molecular complexity index is 355. The molecule has 0 aliphatic rings. The molecule has 0 aliphatic carbocycles. The van der Waals surface area contributed by atoms with Crippen LogP contribution < -0.4 is 5.32 Å². The van der Waals surface area contributed by atoms with Gasteiger partial charge in [0.15, 0.2) is 0 Å². The van der Waals surface area contributed by atoms with Crippen molar-refractivity contribution in [1.29, 1.82) is 0 Å². The highest BCUT2D eigenvalue weighted by Crippen LogP contribution is 2.18. The minimum Gasteiger partial charge on any atom is -0.313 e. The maximum Gasteiger partial charge on any atom is 0.0669 e. The Labute approximate surface area is 112 Å². The van der Waals surface area contributed by atoms with E-state index in [9.17, 15) is 0 Å². The molecule has 18 heavy (non-hydrogen) atoms. The number of aromatic nitrogens is 2. The zero-order valence-electron chi connectivity index (χ0n) is 12.7. The molecular formula is C15H29N3. The Morgan fingerprint density at radius 1 is 1.17 bits per heavy atom. The topological polar surface area (TPSA) is 29.9 Å². The summed E-state index contributed by atoms with van der Waals surface area (Å²) < 4.78 is 2.25. The summed E-state index contributed by atoms with van der Waals surface area (Å²) in [6.07, 6.45) is 3.32. The molecule has 0 fully saturated rings. The lowest BCUT2D eigenvalue weighted by Crippen LogP contribution is -2.15. The molecule has 1 rings (SSSR count). The number of rotatable bonds is 8. The molecule has 1 N–H and O–H groups in total. The third kappa shape index (κ3) is 3.58. The summed E-state index contributed by atoms with van der Waals surface area (Å²) in [4.78, 5) is 0. The van der Waals surface area contributed by atoms with E-state index in [4.69, 9.17) is 5.10 Å². The first kappa shape index (κ1) is 15.2. The molecular weight excluding hydrogens is 222 g/mol. The van der Waals surface area contributed by atoms with E-state index < -0.39 is 0 Å². The third-order valence-electron chi connectivity index (χ3n) is 3.65. The van der Waals surface area contributed by atoms with Gasteiger partial charge in [-0.25, -0.2) is 0 Å². The molecule has 0 saturated heterocycles. The van der Waals surface area contributed by atoms with Gasteiger partial charge in [-0.1, -0.05) is 41.0 Å². The molecule has 1 heterocycles. The van der Waals surface area contributed by atoms with Gasteiger partial charge in [-0.3, -0.25) is 4.68 Å². The normalized spacial score (nSPS) is 12.9. The van der Waals surface area contributed by atoms with Crippen LogP contribution in [-0.4, -0.2) is 16.3 Å². The van der Waals surface area contributed by atoms with Gasteiger partial charge in [-0.2, -0.15) is 5.10 Å². The minimum atomic E-state index is 0.701. The molecule has 1 unspecified atom stereocenters. The highest BCUT2D eigenvalue weighted by Gasteiger charge is 2.15. The van der Waals surface area contributed by atoms with Crippen molar-refractivity contribution in [3.8, 4) is 0 Å². The van der Waals surface area contributed by atoms with E-state index in [1.807, 2.05) is 0 Å². The standard InChI is InChI=1S/C15H29N3/c1-6-12(5)11-18-15(8-3)13(10-16-9-4)14(7-2)17-18/h12,16H,6-11H2,1-5H3. The van der Waals surface area contributed by atoms with E-state index in [0.717, 1.165) is 32.5 Å². The van der Waals surface area contributed by atoms with Gasteiger partial charge in [0, 0.05) is 24.3 Å². The Kier molecular flexibility index (Phi) is 6.41. The molecule has 0 amide bonds. The van der Waals surface area contributed by atoms with Crippen molar-refractivity contribution in [3.05, 3.63) is 17.0 Å². The molecule has 104 valence electrons. The van der Waals surface area contributed by atoms with Gasteiger partial charge in [-0.05, 0) is 25.3 Å². The van der Waals surface area contributed by atoms with Crippen molar-refractivity contribution in [3.63, 3.8) is 0 Å².